The third-order valence-corrected chi connectivity index (χ3v) is 11.2. The van der Waals surface area contributed by atoms with Gasteiger partial charge in [0.05, 0.1) is 29.6 Å². The van der Waals surface area contributed by atoms with Crippen molar-refractivity contribution in [2.45, 2.75) is 75.9 Å². The number of ether oxygens (including phenoxy) is 1. The quantitative estimate of drug-likeness (QED) is 0.101. The molecule has 3 atom stereocenters. The topological polar surface area (TPSA) is 160 Å². The predicted octanol–water partition coefficient (Wildman–Crippen LogP) is 5.61. The first-order chi connectivity index (χ1) is 27.5. The zero-order chi connectivity index (χ0) is 39.8. The van der Waals surface area contributed by atoms with Gasteiger partial charge in [-0.1, -0.05) is 29.8 Å². The molecule has 5 aromatic rings. The second-order valence-corrected chi connectivity index (χ2v) is 15.1. The summed E-state index contributed by atoms with van der Waals surface area (Å²) < 4.78 is 50.8. The lowest BCUT2D eigenvalue weighted by atomic mass is 9.98. The van der Waals surface area contributed by atoms with E-state index >= 15 is 0 Å². The van der Waals surface area contributed by atoms with Gasteiger partial charge in [-0.15, -0.1) is 0 Å². The Morgan fingerprint density at radius 2 is 1.65 bits per heavy atom. The Hall–Kier alpha value is -5.32. The number of anilines is 1. The summed E-state index contributed by atoms with van der Waals surface area (Å²) in [6, 6.07) is 11.0. The van der Waals surface area contributed by atoms with Crippen molar-refractivity contribution in [3.63, 3.8) is 0 Å². The van der Waals surface area contributed by atoms with E-state index < -0.39 is 23.7 Å². The van der Waals surface area contributed by atoms with Crippen LogP contribution in [0.4, 0.5) is 19.0 Å². The van der Waals surface area contributed by atoms with E-state index in [1.807, 2.05) is 54.2 Å². The minimum Gasteiger partial charge on any atom is -0.480 e. The molecule has 57 heavy (non-hydrogen) atoms. The fourth-order valence-electron chi connectivity index (χ4n) is 8.08. The summed E-state index contributed by atoms with van der Waals surface area (Å²) in [4.78, 5) is 41.0. The first-order valence-electron chi connectivity index (χ1n) is 19.0. The highest BCUT2D eigenvalue weighted by Crippen LogP contribution is 2.44. The number of alkyl halides is 3. The maximum absolute atomic E-state index is 14.5. The second-order valence-electron chi connectivity index (χ2n) is 14.7. The van der Waals surface area contributed by atoms with Crippen LogP contribution in [0.2, 0.25) is 5.02 Å². The third-order valence-electron chi connectivity index (χ3n) is 10.9. The van der Waals surface area contributed by atoms with Crippen LogP contribution in [0, 0.1) is 0 Å². The third kappa shape index (κ3) is 7.98. The van der Waals surface area contributed by atoms with E-state index in [0.29, 0.717) is 73.7 Å². The van der Waals surface area contributed by atoms with Gasteiger partial charge in [0.15, 0.2) is 11.5 Å². The maximum atomic E-state index is 14.5. The molecule has 4 aromatic heterocycles. The number of aryl methyl sites for hydroxylation is 1. The Morgan fingerprint density at radius 1 is 0.912 bits per heavy atom. The van der Waals surface area contributed by atoms with Gasteiger partial charge in [0, 0.05) is 87.1 Å². The van der Waals surface area contributed by atoms with E-state index in [1.165, 1.54) is 7.11 Å². The average Bonchev–Trinajstić information content (AvgIpc) is 3.98. The number of pyridine rings is 2. The van der Waals surface area contributed by atoms with E-state index in [4.69, 9.17) is 21.3 Å². The number of hydrogen-bond acceptors (Lipinski definition) is 10. The number of hydrogen-bond donors (Lipinski definition) is 5. The highest BCUT2D eigenvalue weighted by atomic mass is 35.5. The van der Waals surface area contributed by atoms with Gasteiger partial charge in [-0.25, -0.2) is 9.97 Å². The summed E-state index contributed by atoms with van der Waals surface area (Å²) >= 11 is 7.14. The molecule has 13 nitrogen and oxygen atoms in total. The van der Waals surface area contributed by atoms with Crippen molar-refractivity contribution in [1.82, 2.24) is 45.8 Å². The van der Waals surface area contributed by atoms with Gasteiger partial charge in [0.1, 0.15) is 11.3 Å². The summed E-state index contributed by atoms with van der Waals surface area (Å²) in [5.74, 6) is -0.404. The molecule has 8 rings (SSSR count). The van der Waals surface area contributed by atoms with Crippen molar-refractivity contribution < 1.29 is 27.5 Å². The molecule has 2 saturated heterocycles. The lowest BCUT2D eigenvalue weighted by Gasteiger charge is -2.21. The molecule has 1 aliphatic carbocycles. The summed E-state index contributed by atoms with van der Waals surface area (Å²) in [5, 5.41) is 16.8. The van der Waals surface area contributed by atoms with E-state index in [2.05, 4.69) is 41.5 Å². The molecule has 17 heteroatoms. The fraction of sp³-hybridized carbons (Fsp3) is 0.400. The van der Waals surface area contributed by atoms with Gasteiger partial charge in [-0.05, 0) is 60.6 Å². The van der Waals surface area contributed by atoms with Crippen LogP contribution in [0.3, 0.4) is 0 Å². The van der Waals surface area contributed by atoms with Crippen molar-refractivity contribution in [3.8, 4) is 28.4 Å². The standard InChI is InChI=1S/C40H42ClF3N10O3/c1-54-20-21(16-45-17-22-6-12-32(55)48-22)24-8-10-30(52-38(24)54)28-14-15-47-35(34(28)41)27-5-3-4-26-25(27)9-11-29(26)51-37-36(40(42,43)44)50-31(39(53-37)57-2)19-46-18-23-7-13-33(56)49-23/h3-5,8,10,14-15,20,22-23,29,45-46H,6-7,9,11-13,16-19H2,1-2H3,(H,48,55)(H,49,56)(H,51,53)/t22-,23+,29-/m1/s1. The van der Waals surface area contributed by atoms with Crippen LogP contribution < -0.4 is 31.3 Å². The first-order valence-corrected chi connectivity index (χ1v) is 19.4. The Kier molecular flexibility index (Phi) is 10.8. The molecule has 5 N–H and O–H groups in total. The molecule has 0 bridgehead atoms. The Balaban J connectivity index is 1.02. The SMILES string of the molecule is COc1nc(N[C@@H]2CCc3c(-c4nccc(-c5ccc6c(CNC[C@H]7CCC(=O)N7)cn(C)c6n5)c4Cl)cccc32)c(C(F)(F)F)nc1CNC[C@@H]1CCC(=O)N1. The molecule has 2 amide bonds. The average molecular weight is 803 g/mol. The van der Waals surface area contributed by atoms with Gasteiger partial charge >= 0.3 is 6.18 Å². The van der Waals surface area contributed by atoms with Gasteiger partial charge < -0.3 is 35.9 Å². The number of fused-ring (bicyclic) bond motifs is 2. The monoisotopic (exact) mass is 802 g/mol. The highest BCUT2D eigenvalue weighted by Gasteiger charge is 2.39. The van der Waals surface area contributed by atoms with Crippen molar-refractivity contribution in [2.75, 3.05) is 25.5 Å². The summed E-state index contributed by atoms with van der Waals surface area (Å²) in [6.07, 6.45) is 2.47. The van der Waals surface area contributed by atoms with Crippen LogP contribution in [-0.2, 0) is 42.3 Å². The molecule has 0 unspecified atom stereocenters. The fourth-order valence-corrected chi connectivity index (χ4v) is 8.39. The maximum Gasteiger partial charge on any atom is 0.437 e. The largest absolute Gasteiger partial charge is 0.480 e. The molecule has 1 aromatic carbocycles. The Bertz CT molecular complexity index is 2350. The minimum atomic E-state index is -4.79. The van der Waals surface area contributed by atoms with Crippen molar-refractivity contribution in [3.05, 3.63) is 81.9 Å². The minimum absolute atomic E-state index is 0.0135. The molecular formula is C40H42ClF3N10O3. The lowest BCUT2D eigenvalue weighted by Crippen LogP contribution is -2.35. The van der Waals surface area contributed by atoms with Crippen LogP contribution in [-0.4, -0.2) is 68.6 Å². The number of halogens is 4. The van der Waals surface area contributed by atoms with Crippen LogP contribution >= 0.6 is 11.6 Å². The molecule has 0 spiro atoms. The van der Waals surface area contributed by atoms with Gasteiger partial charge in [0.25, 0.3) is 0 Å². The number of carbonyl (C=O) groups excluding carboxylic acids is 2. The molecule has 0 saturated carbocycles. The molecule has 3 aliphatic rings. The molecule has 2 aliphatic heterocycles. The second kappa shape index (κ2) is 15.9. The van der Waals surface area contributed by atoms with Crippen molar-refractivity contribution >= 4 is 40.3 Å². The number of nitrogens with zero attached hydrogens (tertiary/aromatic N) is 5. The molecule has 2 fully saturated rings. The summed E-state index contributed by atoms with van der Waals surface area (Å²) in [6.45, 7) is 1.67. The van der Waals surface area contributed by atoms with Crippen molar-refractivity contribution in [2.24, 2.45) is 7.05 Å². The van der Waals surface area contributed by atoms with Crippen molar-refractivity contribution in [1.29, 1.82) is 0 Å². The zero-order valence-corrected chi connectivity index (χ0v) is 32.2. The number of amides is 2. The summed E-state index contributed by atoms with van der Waals surface area (Å²) in [5.41, 5.74) is 5.21. The van der Waals surface area contributed by atoms with E-state index in [9.17, 15) is 22.8 Å². The van der Waals surface area contributed by atoms with Crippen LogP contribution in [0.15, 0.2) is 48.8 Å². The number of rotatable bonds is 13. The predicted molar refractivity (Wildman–Crippen MR) is 208 cm³/mol. The smallest absolute Gasteiger partial charge is 0.437 e. The Morgan fingerprint density at radius 3 is 2.33 bits per heavy atom. The van der Waals surface area contributed by atoms with Crippen LogP contribution in [0.25, 0.3) is 33.5 Å². The van der Waals surface area contributed by atoms with Crippen LogP contribution in [0.5, 0.6) is 5.88 Å². The van der Waals surface area contributed by atoms with Gasteiger partial charge in [-0.3, -0.25) is 14.6 Å². The number of benzene rings is 1. The Labute approximate surface area is 331 Å². The number of aromatic nitrogens is 5. The van der Waals surface area contributed by atoms with E-state index in [0.717, 1.165) is 39.7 Å². The lowest BCUT2D eigenvalue weighted by molar-refractivity contribution is -0.141. The molecule has 0 radical (unpaired) electrons. The molecule has 6 heterocycles. The normalized spacial score (nSPS) is 19.2. The van der Waals surface area contributed by atoms with Crippen LogP contribution in [0.1, 0.15) is 66.2 Å². The number of methoxy groups -OCH3 is 1. The molecule has 298 valence electrons. The zero-order valence-electron chi connectivity index (χ0n) is 31.4. The van der Waals surface area contributed by atoms with Gasteiger partial charge in [0.2, 0.25) is 17.7 Å². The number of carbonyl (C=O) groups is 2. The van der Waals surface area contributed by atoms with Gasteiger partial charge in [-0.2, -0.15) is 18.2 Å². The summed E-state index contributed by atoms with van der Waals surface area (Å²) in [7, 11) is 3.29. The molecular weight excluding hydrogens is 761 g/mol. The first kappa shape index (κ1) is 38.5. The number of nitrogens with one attached hydrogen (secondary N) is 5. The highest BCUT2D eigenvalue weighted by molar-refractivity contribution is 6.35. The van der Waals surface area contributed by atoms with E-state index in [-0.39, 0.29) is 42.0 Å². The van der Waals surface area contributed by atoms with E-state index in [1.54, 1.807) is 6.20 Å².